The molecule has 1 aliphatic heterocycles. The molecule has 2 aromatic carbocycles. The van der Waals surface area contributed by atoms with E-state index in [0.717, 1.165) is 16.9 Å². The van der Waals surface area contributed by atoms with E-state index in [1.165, 1.54) is 0 Å². The van der Waals surface area contributed by atoms with E-state index in [1.807, 2.05) is 37.2 Å². The fraction of sp³-hybridized carbons (Fsp3) is 0.222. The fourth-order valence-corrected chi connectivity index (χ4v) is 2.64. The lowest BCUT2D eigenvalue weighted by Crippen LogP contribution is -2.23. The first kappa shape index (κ1) is 15.9. The Bertz CT molecular complexity index is 784. The van der Waals surface area contributed by atoms with Gasteiger partial charge in [-0.15, -0.1) is 0 Å². The van der Waals surface area contributed by atoms with Crippen molar-refractivity contribution in [1.29, 1.82) is 0 Å². The van der Waals surface area contributed by atoms with Crippen molar-refractivity contribution in [3.05, 3.63) is 53.6 Å². The molecule has 0 saturated carbocycles. The molecule has 6 nitrogen and oxygen atoms in total. The molecular weight excluding hydrogens is 308 g/mol. The second-order valence-corrected chi connectivity index (χ2v) is 5.80. The predicted molar refractivity (Wildman–Crippen MR) is 90.9 cm³/mol. The van der Waals surface area contributed by atoms with Gasteiger partial charge in [0, 0.05) is 31.0 Å². The molecule has 0 unspecified atom stereocenters. The van der Waals surface area contributed by atoms with Gasteiger partial charge in [0.2, 0.25) is 0 Å². The average Bonchev–Trinajstić information content (AvgIpc) is 2.90. The minimum Gasteiger partial charge on any atom is -0.482 e. The smallest absolute Gasteiger partial charge is 0.341 e. The number of carboxylic acid groups (broad SMARTS) is 1. The van der Waals surface area contributed by atoms with Crippen LogP contribution >= 0.6 is 0 Å². The van der Waals surface area contributed by atoms with Gasteiger partial charge in [-0.3, -0.25) is 4.79 Å². The number of ether oxygens (including phenoxy) is 1. The molecule has 1 amide bonds. The maximum atomic E-state index is 12.7. The van der Waals surface area contributed by atoms with E-state index in [4.69, 9.17) is 9.84 Å². The molecule has 0 atom stereocenters. The number of nitrogens with zero attached hydrogens (tertiary/aromatic N) is 2. The first-order valence-corrected chi connectivity index (χ1v) is 7.52. The highest BCUT2D eigenvalue weighted by Crippen LogP contribution is 2.31. The molecule has 24 heavy (non-hydrogen) atoms. The summed E-state index contributed by atoms with van der Waals surface area (Å²) < 4.78 is 5.11. The van der Waals surface area contributed by atoms with Gasteiger partial charge in [0.1, 0.15) is 5.75 Å². The average molecular weight is 326 g/mol. The molecule has 124 valence electrons. The second-order valence-electron chi connectivity index (χ2n) is 5.80. The normalized spacial score (nSPS) is 12.9. The molecule has 1 aliphatic rings. The number of carbonyl (C=O) groups is 2. The lowest BCUT2D eigenvalue weighted by atomic mass is 10.1. The van der Waals surface area contributed by atoms with Gasteiger partial charge >= 0.3 is 5.97 Å². The SMILES string of the molecule is CN(C)c1ccc2c(c1)C(=O)N(c1ccc(OCC(=O)O)cc1)C2. The summed E-state index contributed by atoms with van der Waals surface area (Å²) in [6.45, 7) is 0.137. The number of hydrogen-bond acceptors (Lipinski definition) is 4. The number of aliphatic carboxylic acids is 1. The van der Waals surface area contributed by atoms with E-state index in [1.54, 1.807) is 29.2 Å². The van der Waals surface area contributed by atoms with Crippen LogP contribution in [0.5, 0.6) is 5.75 Å². The largest absolute Gasteiger partial charge is 0.482 e. The molecule has 3 rings (SSSR count). The number of carbonyl (C=O) groups excluding carboxylic acids is 1. The van der Waals surface area contributed by atoms with Crippen LogP contribution in [-0.2, 0) is 11.3 Å². The molecule has 0 radical (unpaired) electrons. The lowest BCUT2D eigenvalue weighted by molar-refractivity contribution is -0.139. The quantitative estimate of drug-likeness (QED) is 0.913. The van der Waals surface area contributed by atoms with E-state index in [0.29, 0.717) is 17.9 Å². The van der Waals surface area contributed by atoms with Crippen LogP contribution in [0.1, 0.15) is 15.9 Å². The summed E-state index contributed by atoms with van der Waals surface area (Å²) in [6.07, 6.45) is 0. The van der Waals surface area contributed by atoms with Crippen molar-refractivity contribution in [2.45, 2.75) is 6.54 Å². The summed E-state index contributed by atoms with van der Waals surface area (Å²) in [5, 5.41) is 8.62. The van der Waals surface area contributed by atoms with E-state index in [9.17, 15) is 9.59 Å². The predicted octanol–water partition coefficient (Wildman–Crippen LogP) is 2.38. The summed E-state index contributed by atoms with van der Waals surface area (Å²) in [5.74, 6) is -0.603. The van der Waals surface area contributed by atoms with Crippen LogP contribution in [0.4, 0.5) is 11.4 Å². The van der Waals surface area contributed by atoms with Crippen LogP contribution in [0.3, 0.4) is 0 Å². The van der Waals surface area contributed by atoms with Gasteiger partial charge in [-0.2, -0.15) is 0 Å². The zero-order chi connectivity index (χ0) is 17.3. The van der Waals surface area contributed by atoms with Crippen molar-refractivity contribution < 1.29 is 19.4 Å². The van der Waals surface area contributed by atoms with Crippen LogP contribution in [0, 0.1) is 0 Å². The molecule has 6 heteroatoms. The maximum absolute atomic E-state index is 12.7. The number of fused-ring (bicyclic) bond motifs is 1. The maximum Gasteiger partial charge on any atom is 0.341 e. The lowest BCUT2D eigenvalue weighted by Gasteiger charge is -2.16. The molecule has 0 spiro atoms. The topological polar surface area (TPSA) is 70.1 Å². The van der Waals surface area contributed by atoms with Crippen LogP contribution in [-0.4, -0.2) is 37.7 Å². The van der Waals surface area contributed by atoms with Crippen molar-refractivity contribution in [2.75, 3.05) is 30.5 Å². The molecule has 0 fully saturated rings. The van der Waals surface area contributed by atoms with Gasteiger partial charge in [-0.05, 0) is 42.0 Å². The molecule has 0 saturated heterocycles. The first-order chi connectivity index (χ1) is 11.5. The van der Waals surface area contributed by atoms with Gasteiger partial charge in [-0.25, -0.2) is 4.79 Å². The molecule has 0 aromatic heterocycles. The standard InChI is InChI=1S/C18H18N2O4/c1-19(2)14-4-3-12-10-20(18(23)16(12)9-14)13-5-7-15(8-6-13)24-11-17(21)22/h3-9H,10-11H2,1-2H3,(H,21,22). The molecule has 1 N–H and O–H groups in total. The van der Waals surface area contributed by atoms with E-state index in [2.05, 4.69) is 0 Å². The molecule has 0 aliphatic carbocycles. The number of benzene rings is 2. The van der Waals surface area contributed by atoms with Crippen LogP contribution < -0.4 is 14.5 Å². The van der Waals surface area contributed by atoms with Gasteiger partial charge in [0.05, 0.1) is 6.54 Å². The van der Waals surface area contributed by atoms with E-state index >= 15 is 0 Å². The van der Waals surface area contributed by atoms with Crippen molar-refractivity contribution in [3.8, 4) is 5.75 Å². The van der Waals surface area contributed by atoms with Crippen LogP contribution in [0.15, 0.2) is 42.5 Å². The molecular formula is C18H18N2O4. The minimum atomic E-state index is -1.03. The number of hydrogen-bond donors (Lipinski definition) is 1. The van der Waals surface area contributed by atoms with Crippen molar-refractivity contribution >= 4 is 23.3 Å². The Labute approximate surface area is 139 Å². The highest BCUT2D eigenvalue weighted by Gasteiger charge is 2.28. The number of carboxylic acids is 1. The van der Waals surface area contributed by atoms with Crippen LogP contribution in [0.25, 0.3) is 0 Å². The minimum absolute atomic E-state index is 0.0343. The summed E-state index contributed by atoms with van der Waals surface area (Å²) in [7, 11) is 3.88. The summed E-state index contributed by atoms with van der Waals surface area (Å²) in [6, 6.07) is 12.7. The summed E-state index contributed by atoms with van der Waals surface area (Å²) in [5.41, 5.74) is 3.45. The third kappa shape index (κ3) is 3.03. The fourth-order valence-electron chi connectivity index (χ4n) is 2.64. The number of amides is 1. The van der Waals surface area contributed by atoms with Gasteiger partial charge in [-0.1, -0.05) is 6.07 Å². The zero-order valence-corrected chi connectivity index (χ0v) is 13.5. The Hall–Kier alpha value is -3.02. The Balaban J connectivity index is 1.79. The Morgan fingerprint density at radius 2 is 1.92 bits per heavy atom. The van der Waals surface area contributed by atoms with E-state index in [-0.39, 0.29) is 12.5 Å². The number of anilines is 2. The van der Waals surface area contributed by atoms with Gasteiger partial charge in [0.25, 0.3) is 5.91 Å². The van der Waals surface area contributed by atoms with Gasteiger partial charge in [0.15, 0.2) is 6.61 Å². The second kappa shape index (κ2) is 6.23. The summed E-state index contributed by atoms with van der Waals surface area (Å²) >= 11 is 0. The Morgan fingerprint density at radius 1 is 1.21 bits per heavy atom. The van der Waals surface area contributed by atoms with Crippen molar-refractivity contribution in [3.63, 3.8) is 0 Å². The highest BCUT2D eigenvalue weighted by molar-refractivity contribution is 6.10. The molecule has 0 bridgehead atoms. The van der Waals surface area contributed by atoms with Gasteiger partial charge < -0.3 is 19.6 Å². The number of rotatable bonds is 5. The third-order valence-corrected chi connectivity index (χ3v) is 3.92. The summed E-state index contributed by atoms with van der Waals surface area (Å²) in [4.78, 5) is 26.8. The highest BCUT2D eigenvalue weighted by atomic mass is 16.5. The molecule has 2 aromatic rings. The zero-order valence-electron chi connectivity index (χ0n) is 13.5. The monoisotopic (exact) mass is 326 g/mol. The Morgan fingerprint density at radius 3 is 2.54 bits per heavy atom. The van der Waals surface area contributed by atoms with Crippen molar-refractivity contribution in [1.82, 2.24) is 0 Å². The molecule has 1 heterocycles. The Kier molecular flexibility index (Phi) is 4.12. The van der Waals surface area contributed by atoms with E-state index < -0.39 is 5.97 Å². The third-order valence-electron chi connectivity index (χ3n) is 3.92. The van der Waals surface area contributed by atoms with Crippen molar-refractivity contribution in [2.24, 2.45) is 0 Å². The first-order valence-electron chi connectivity index (χ1n) is 7.52. The van der Waals surface area contributed by atoms with Crippen LogP contribution in [0.2, 0.25) is 0 Å².